The van der Waals surface area contributed by atoms with E-state index in [-0.39, 0.29) is 11.7 Å². The van der Waals surface area contributed by atoms with Gasteiger partial charge in [-0.25, -0.2) is 5.21 Å². The lowest BCUT2D eigenvalue weighted by atomic mass is 9.93. The highest BCUT2D eigenvalue weighted by Gasteiger charge is 2.26. The highest BCUT2D eigenvalue weighted by Crippen LogP contribution is 2.36. The Morgan fingerprint density at radius 3 is 2.84 bits per heavy atom. The minimum absolute atomic E-state index is 0.00834. The van der Waals surface area contributed by atoms with E-state index in [2.05, 4.69) is 39.7 Å². The number of H-pyrrole nitrogens is 1. The molecule has 1 aliphatic rings. The molecule has 9 nitrogen and oxygen atoms in total. The summed E-state index contributed by atoms with van der Waals surface area (Å²) < 4.78 is 12.6. The van der Waals surface area contributed by atoms with Gasteiger partial charge in [-0.1, -0.05) is 6.07 Å². The van der Waals surface area contributed by atoms with Crippen LogP contribution in [0.2, 0.25) is 0 Å². The molecular formula is C23H25N5O4. The van der Waals surface area contributed by atoms with Crippen LogP contribution in [0.15, 0.2) is 48.8 Å². The second-order valence-electron chi connectivity index (χ2n) is 7.87. The third-order valence-electron chi connectivity index (χ3n) is 6.01. The van der Waals surface area contributed by atoms with Gasteiger partial charge in [0.2, 0.25) is 5.69 Å². The molecule has 0 fully saturated rings. The van der Waals surface area contributed by atoms with E-state index in [0.717, 1.165) is 46.8 Å². The van der Waals surface area contributed by atoms with Crippen LogP contribution in [-0.2, 0) is 13.0 Å². The summed E-state index contributed by atoms with van der Waals surface area (Å²) in [7, 11) is 3.31. The van der Waals surface area contributed by atoms with Gasteiger partial charge in [0.25, 0.3) is 0 Å². The number of methoxy groups -OCH3 is 2. The van der Waals surface area contributed by atoms with E-state index < -0.39 is 5.23 Å². The van der Waals surface area contributed by atoms with Crippen molar-refractivity contribution in [3.05, 3.63) is 76.4 Å². The van der Waals surface area contributed by atoms with Crippen LogP contribution in [0.25, 0.3) is 10.9 Å². The number of quaternary nitrogens is 1. The zero-order valence-electron chi connectivity index (χ0n) is 17.9. The van der Waals surface area contributed by atoms with Crippen LogP contribution in [0.3, 0.4) is 0 Å². The molecule has 4 N–H and O–H groups in total. The largest absolute Gasteiger partial charge is 0.595 e. The minimum atomic E-state index is -0.994. The molecule has 5 rings (SSSR count). The van der Waals surface area contributed by atoms with Crippen LogP contribution in [-0.4, -0.2) is 40.7 Å². The van der Waals surface area contributed by atoms with Crippen LogP contribution >= 0.6 is 0 Å². The third-order valence-corrected chi connectivity index (χ3v) is 6.01. The molecule has 2 atom stereocenters. The number of aromatic nitrogens is 3. The first kappa shape index (κ1) is 20.5. The Morgan fingerprint density at radius 1 is 1.22 bits per heavy atom. The standard InChI is InChI=1S/C23H25N5O4/c1-31-17-4-5-20-19(10-17)18-7-8-24-22(23(18)26-20)14-3-6-21(32-2)15(9-14)12-27-13-16(11-25-27)28(29)30/h3-6,9-11,13,22,24,26,28-29H,7-8,12H2,1-2H3. The zero-order valence-corrected chi connectivity index (χ0v) is 17.9. The average Bonchev–Trinajstić information content (AvgIpc) is 3.43. The lowest BCUT2D eigenvalue weighted by Crippen LogP contribution is -2.99. The number of benzene rings is 2. The Labute approximate surface area is 184 Å². The van der Waals surface area contributed by atoms with Gasteiger partial charge in [0.15, 0.2) is 0 Å². The number of hydrogen-bond acceptors (Lipinski definition) is 6. The van der Waals surface area contributed by atoms with Crippen LogP contribution in [0.5, 0.6) is 11.5 Å². The van der Waals surface area contributed by atoms with Gasteiger partial charge >= 0.3 is 0 Å². The molecule has 0 saturated carbocycles. The lowest BCUT2D eigenvalue weighted by Gasteiger charge is -2.25. The molecule has 0 aliphatic carbocycles. The fourth-order valence-electron chi connectivity index (χ4n) is 4.46. The summed E-state index contributed by atoms with van der Waals surface area (Å²) in [4.78, 5) is 3.60. The Hall–Kier alpha value is -3.37. The average molecular weight is 435 g/mol. The van der Waals surface area contributed by atoms with Crippen LogP contribution in [0, 0.1) is 5.21 Å². The maximum absolute atomic E-state index is 11.2. The Balaban J connectivity index is 1.52. The SMILES string of the molecule is COc1ccc2[nH]c3c(c2c1)CCNC3c1ccc(OC)c(Cn2cc([NH+]([O-])O)cn2)c1. The number of fused-ring (bicyclic) bond motifs is 3. The molecule has 2 unspecified atom stereocenters. The molecule has 9 heteroatoms. The zero-order chi connectivity index (χ0) is 22.2. The molecule has 1 aliphatic heterocycles. The van der Waals surface area contributed by atoms with E-state index in [1.165, 1.54) is 23.3 Å². The first-order chi connectivity index (χ1) is 15.6. The van der Waals surface area contributed by atoms with E-state index in [1.807, 2.05) is 12.1 Å². The molecule has 2 aromatic carbocycles. The number of hydrogen-bond donors (Lipinski definition) is 4. The first-order valence-electron chi connectivity index (χ1n) is 10.4. The van der Waals surface area contributed by atoms with Crippen LogP contribution < -0.4 is 20.0 Å². The van der Waals surface area contributed by atoms with E-state index in [1.54, 1.807) is 18.9 Å². The van der Waals surface area contributed by atoms with Gasteiger partial charge < -0.3 is 25.0 Å². The smallest absolute Gasteiger partial charge is 0.202 e. The van der Waals surface area contributed by atoms with E-state index >= 15 is 0 Å². The van der Waals surface area contributed by atoms with Gasteiger partial charge in [-0.3, -0.25) is 4.68 Å². The van der Waals surface area contributed by atoms with Gasteiger partial charge in [-0.05, 0) is 47.9 Å². The summed E-state index contributed by atoms with van der Waals surface area (Å²) in [6.07, 6.45) is 3.82. The maximum atomic E-state index is 11.2. The van der Waals surface area contributed by atoms with Crippen molar-refractivity contribution >= 4 is 16.6 Å². The van der Waals surface area contributed by atoms with Gasteiger partial charge in [-0.2, -0.15) is 10.3 Å². The van der Waals surface area contributed by atoms with Crippen molar-refractivity contribution in [1.82, 2.24) is 20.1 Å². The van der Waals surface area contributed by atoms with Crippen molar-refractivity contribution in [3.63, 3.8) is 0 Å². The van der Waals surface area contributed by atoms with Crippen molar-refractivity contribution in [1.29, 1.82) is 0 Å². The predicted octanol–water partition coefficient (Wildman–Crippen LogP) is 2.07. The van der Waals surface area contributed by atoms with Crippen molar-refractivity contribution in [3.8, 4) is 11.5 Å². The Morgan fingerprint density at radius 2 is 2.09 bits per heavy atom. The summed E-state index contributed by atoms with van der Waals surface area (Å²) in [5.41, 5.74) is 5.74. The molecule has 166 valence electrons. The van der Waals surface area contributed by atoms with Gasteiger partial charge in [-0.15, -0.1) is 0 Å². The summed E-state index contributed by atoms with van der Waals surface area (Å²) in [5, 5.41) is 28.4. The second-order valence-corrected chi connectivity index (χ2v) is 7.87. The molecule has 32 heavy (non-hydrogen) atoms. The second kappa shape index (κ2) is 8.29. The number of aromatic amines is 1. The number of nitrogens with one attached hydrogen (secondary N) is 3. The fourth-order valence-corrected chi connectivity index (χ4v) is 4.46. The molecule has 4 aromatic rings. The summed E-state index contributed by atoms with van der Waals surface area (Å²) in [5.74, 6) is 1.58. The highest BCUT2D eigenvalue weighted by molar-refractivity contribution is 5.86. The van der Waals surface area contributed by atoms with E-state index in [4.69, 9.17) is 14.7 Å². The number of ether oxygens (including phenoxy) is 2. The molecule has 0 bridgehead atoms. The van der Waals surface area contributed by atoms with Crippen molar-refractivity contribution < 1.29 is 19.9 Å². The molecule has 2 aromatic heterocycles. The molecule has 3 heterocycles. The van der Waals surface area contributed by atoms with Crippen LogP contribution in [0.1, 0.15) is 28.4 Å². The van der Waals surface area contributed by atoms with Crippen molar-refractivity contribution in [2.75, 3.05) is 20.8 Å². The fraction of sp³-hybridized carbons (Fsp3) is 0.261. The lowest BCUT2D eigenvalue weighted by molar-refractivity contribution is -0.991. The van der Waals surface area contributed by atoms with Crippen LogP contribution in [0.4, 0.5) is 5.69 Å². The molecular weight excluding hydrogens is 410 g/mol. The van der Waals surface area contributed by atoms with Crippen molar-refractivity contribution in [2.45, 2.75) is 19.0 Å². The number of nitrogens with zero attached hydrogens (tertiary/aromatic N) is 2. The maximum Gasteiger partial charge on any atom is 0.202 e. The molecule has 0 amide bonds. The van der Waals surface area contributed by atoms with Gasteiger partial charge in [0, 0.05) is 28.7 Å². The minimum Gasteiger partial charge on any atom is -0.595 e. The molecule has 0 spiro atoms. The molecule has 0 saturated heterocycles. The normalized spacial score (nSPS) is 16.7. The summed E-state index contributed by atoms with van der Waals surface area (Å²) >= 11 is 0. The molecule has 0 radical (unpaired) electrons. The Bertz CT molecular complexity index is 1260. The first-order valence-corrected chi connectivity index (χ1v) is 10.4. The third kappa shape index (κ3) is 3.61. The number of rotatable bonds is 6. The highest BCUT2D eigenvalue weighted by atomic mass is 16.8. The van der Waals surface area contributed by atoms with E-state index in [9.17, 15) is 5.21 Å². The Kier molecular flexibility index (Phi) is 5.32. The van der Waals surface area contributed by atoms with Crippen molar-refractivity contribution in [2.24, 2.45) is 0 Å². The monoisotopic (exact) mass is 435 g/mol. The summed E-state index contributed by atoms with van der Waals surface area (Å²) in [6.45, 7) is 1.28. The van der Waals surface area contributed by atoms with E-state index in [0.29, 0.717) is 6.54 Å². The summed E-state index contributed by atoms with van der Waals surface area (Å²) in [6, 6.07) is 12.2. The predicted molar refractivity (Wildman–Crippen MR) is 118 cm³/mol. The quantitative estimate of drug-likeness (QED) is 0.345. The van der Waals surface area contributed by atoms with Gasteiger partial charge in [0.1, 0.15) is 17.7 Å². The topological polar surface area (TPSA) is 112 Å². The van der Waals surface area contributed by atoms with Gasteiger partial charge in [0.05, 0.1) is 33.0 Å².